The summed E-state index contributed by atoms with van der Waals surface area (Å²) in [6.45, 7) is 1.34. The number of carbonyl (C=O) groups is 2. The molecule has 11 heteroatoms. The molecule has 2 N–H and O–H groups in total. The molecule has 1 aliphatic rings. The normalized spacial score (nSPS) is 13.3. The summed E-state index contributed by atoms with van der Waals surface area (Å²) in [5, 5.41) is 13.0. The zero-order valence-electron chi connectivity index (χ0n) is 18.5. The first-order chi connectivity index (χ1) is 16.7. The van der Waals surface area contributed by atoms with Crippen LogP contribution in [0.15, 0.2) is 77.7 Å². The summed E-state index contributed by atoms with van der Waals surface area (Å²) in [6, 6.07) is 18.5. The number of amides is 2. The fraction of sp³-hybridized carbons (Fsp3) is 0.167. The number of benzene rings is 3. The van der Waals surface area contributed by atoms with Crippen LogP contribution in [0.5, 0.6) is 0 Å². The van der Waals surface area contributed by atoms with E-state index in [1.165, 1.54) is 6.92 Å². The lowest BCUT2D eigenvalue weighted by molar-refractivity contribution is -0.384. The van der Waals surface area contributed by atoms with Crippen molar-refractivity contribution < 1.29 is 27.7 Å². The van der Waals surface area contributed by atoms with E-state index in [4.69, 9.17) is 4.74 Å². The summed E-state index contributed by atoms with van der Waals surface area (Å²) >= 11 is 0. The van der Waals surface area contributed by atoms with Crippen LogP contribution in [-0.2, 0) is 19.6 Å². The van der Waals surface area contributed by atoms with E-state index in [2.05, 4.69) is 5.32 Å². The van der Waals surface area contributed by atoms with Gasteiger partial charge >= 0.3 is 6.09 Å². The molecule has 0 fully saturated rings. The van der Waals surface area contributed by atoms with Gasteiger partial charge in [0.15, 0.2) is 0 Å². The summed E-state index contributed by atoms with van der Waals surface area (Å²) in [6.07, 6.45) is -0.873. The molecule has 0 unspecified atom stereocenters. The quantitative estimate of drug-likeness (QED) is 0.378. The van der Waals surface area contributed by atoms with Gasteiger partial charge in [0.05, 0.1) is 9.82 Å². The molecule has 3 aromatic carbocycles. The highest BCUT2D eigenvalue weighted by molar-refractivity contribution is 7.90. The second-order valence-corrected chi connectivity index (χ2v) is 9.59. The molecule has 35 heavy (non-hydrogen) atoms. The first-order valence-electron chi connectivity index (χ1n) is 10.6. The van der Waals surface area contributed by atoms with E-state index in [0.717, 1.165) is 46.5 Å². The number of nitrogens with one attached hydrogen (secondary N) is 2. The summed E-state index contributed by atoms with van der Waals surface area (Å²) in [5.74, 6) is -1.16. The van der Waals surface area contributed by atoms with Crippen molar-refractivity contribution in [3.63, 3.8) is 0 Å². The van der Waals surface area contributed by atoms with E-state index in [1.807, 2.05) is 53.3 Å². The Bertz CT molecular complexity index is 1360. The first-order valence-corrected chi connectivity index (χ1v) is 12.1. The van der Waals surface area contributed by atoms with Crippen LogP contribution in [0, 0.1) is 10.1 Å². The van der Waals surface area contributed by atoms with Crippen LogP contribution in [0.2, 0.25) is 0 Å². The number of hydrogen-bond acceptors (Lipinski definition) is 7. The number of ether oxygens (including phenoxy) is 1. The highest BCUT2D eigenvalue weighted by Crippen LogP contribution is 2.44. The zero-order valence-corrected chi connectivity index (χ0v) is 19.3. The Kier molecular flexibility index (Phi) is 6.52. The highest BCUT2D eigenvalue weighted by atomic mass is 32.2. The standard InChI is InChI=1S/C24H21N3O7S/c1-15(23(28)26-35(32,33)17-12-10-16(11-13-17)27(30)31)25-24(29)34-14-22-20-8-4-2-6-18(20)19-7-3-5-9-21(19)22/h2-13,15,22H,14H2,1H3,(H,25,29)(H,26,28)/t15-/m1/s1. The van der Waals surface area contributed by atoms with Gasteiger partial charge < -0.3 is 10.1 Å². The van der Waals surface area contributed by atoms with E-state index in [9.17, 15) is 28.1 Å². The Balaban J connectivity index is 1.35. The molecular formula is C24H21N3O7S. The lowest BCUT2D eigenvalue weighted by Gasteiger charge is -2.17. The number of fused-ring (bicyclic) bond motifs is 3. The van der Waals surface area contributed by atoms with Crippen molar-refractivity contribution >= 4 is 27.7 Å². The predicted octanol–water partition coefficient (Wildman–Crippen LogP) is 3.33. The van der Waals surface area contributed by atoms with Crippen molar-refractivity contribution in [1.82, 2.24) is 10.0 Å². The lowest BCUT2D eigenvalue weighted by atomic mass is 9.98. The molecule has 4 rings (SSSR count). The average Bonchev–Trinajstić information content (AvgIpc) is 3.16. The maximum Gasteiger partial charge on any atom is 0.407 e. The van der Waals surface area contributed by atoms with Crippen molar-refractivity contribution in [2.75, 3.05) is 6.61 Å². The first kappa shape index (κ1) is 23.9. The number of hydrogen-bond donors (Lipinski definition) is 2. The van der Waals surface area contributed by atoms with Gasteiger partial charge in [0, 0.05) is 18.1 Å². The van der Waals surface area contributed by atoms with Gasteiger partial charge in [0.1, 0.15) is 12.6 Å². The number of nitro groups is 1. The van der Waals surface area contributed by atoms with Crippen molar-refractivity contribution in [2.45, 2.75) is 23.8 Å². The molecule has 0 aliphatic heterocycles. The van der Waals surface area contributed by atoms with Crippen LogP contribution >= 0.6 is 0 Å². The topological polar surface area (TPSA) is 145 Å². The summed E-state index contributed by atoms with van der Waals surface area (Å²) in [5.41, 5.74) is 3.91. The van der Waals surface area contributed by atoms with Crippen LogP contribution in [0.25, 0.3) is 11.1 Å². The van der Waals surface area contributed by atoms with Crippen molar-refractivity contribution in [3.8, 4) is 11.1 Å². The van der Waals surface area contributed by atoms with Crippen LogP contribution in [0.1, 0.15) is 24.0 Å². The van der Waals surface area contributed by atoms with Gasteiger partial charge in [-0.25, -0.2) is 17.9 Å². The van der Waals surface area contributed by atoms with Crippen LogP contribution in [0.3, 0.4) is 0 Å². The van der Waals surface area contributed by atoms with Gasteiger partial charge in [0.25, 0.3) is 21.6 Å². The average molecular weight is 496 g/mol. The molecule has 0 spiro atoms. The Morgan fingerprint density at radius 1 is 0.971 bits per heavy atom. The maximum atomic E-state index is 12.4. The van der Waals surface area contributed by atoms with Crippen molar-refractivity contribution in [2.24, 2.45) is 0 Å². The Morgan fingerprint density at radius 3 is 2.06 bits per heavy atom. The lowest BCUT2D eigenvalue weighted by Crippen LogP contribution is -2.46. The minimum atomic E-state index is -4.29. The van der Waals surface area contributed by atoms with E-state index < -0.39 is 33.0 Å². The number of carbonyl (C=O) groups excluding carboxylic acids is 2. The molecule has 1 atom stereocenters. The third-order valence-corrected chi connectivity index (χ3v) is 7.03. The summed E-state index contributed by atoms with van der Waals surface area (Å²) < 4.78 is 32.0. The van der Waals surface area contributed by atoms with Gasteiger partial charge in [-0.1, -0.05) is 48.5 Å². The number of rotatable bonds is 7. The van der Waals surface area contributed by atoms with E-state index in [-0.39, 0.29) is 23.1 Å². The molecule has 0 heterocycles. The Labute approximate surface area is 201 Å². The van der Waals surface area contributed by atoms with Gasteiger partial charge in [-0.2, -0.15) is 0 Å². The highest BCUT2D eigenvalue weighted by Gasteiger charge is 2.30. The molecular weight excluding hydrogens is 474 g/mol. The summed E-state index contributed by atoms with van der Waals surface area (Å²) in [7, 11) is -4.29. The number of non-ortho nitro benzene ring substituents is 1. The Hall–Kier alpha value is -4.25. The minimum Gasteiger partial charge on any atom is -0.449 e. The minimum absolute atomic E-state index is 0.0370. The van der Waals surface area contributed by atoms with Gasteiger partial charge in [-0.3, -0.25) is 14.9 Å². The monoisotopic (exact) mass is 495 g/mol. The number of nitro benzene ring substituents is 1. The van der Waals surface area contributed by atoms with Crippen LogP contribution < -0.4 is 10.0 Å². The number of nitrogens with zero attached hydrogens (tertiary/aromatic N) is 1. The molecule has 0 aromatic heterocycles. The molecule has 0 bridgehead atoms. The fourth-order valence-corrected chi connectivity index (χ4v) is 4.96. The maximum absolute atomic E-state index is 12.4. The van der Waals surface area contributed by atoms with Crippen molar-refractivity contribution in [3.05, 3.63) is 94.0 Å². The fourth-order valence-electron chi connectivity index (χ4n) is 3.91. The molecule has 2 amide bonds. The van der Waals surface area contributed by atoms with Crippen LogP contribution in [-0.4, -0.2) is 38.0 Å². The molecule has 1 aliphatic carbocycles. The molecule has 0 saturated heterocycles. The number of alkyl carbamates (subject to hydrolysis) is 1. The smallest absolute Gasteiger partial charge is 0.407 e. The molecule has 180 valence electrons. The second kappa shape index (κ2) is 9.55. The third-order valence-electron chi connectivity index (χ3n) is 5.66. The van der Waals surface area contributed by atoms with Crippen LogP contribution in [0.4, 0.5) is 10.5 Å². The largest absolute Gasteiger partial charge is 0.449 e. The van der Waals surface area contributed by atoms with E-state index in [1.54, 1.807) is 0 Å². The van der Waals surface area contributed by atoms with Gasteiger partial charge in [-0.05, 0) is 41.3 Å². The molecule has 0 saturated carbocycles. The second-order valence-electron chi connectivity index (χ2n) is 7.91. The number of sulfonamides is 1. The van der Waals surface area contributed by atoms with Gasteiger partial charge in [0.2, 0.25) is 0 Å². The predicted molar refractivity (Wildman–Crippen MR) is 126 cm³/mol. The van der Waals surface area contributed by atoms with E-state index >= 15 is 0 Å². The summed E-state index contributed by atoms with van der Waals surface area (Å²) in [4.78, 5) is 34.4. The Morgan fingerprint density at radius 2 is 1.51 bits per heavy atom. The molecule has 0 radical (unpaired) electrons. The molecule has 3 aromatic rings. The van der Waals surface area contributed by atoms with E-state index in [0.29, 0.717) is 0 Å². The van der Waals surface area contributed by atoms with Crippen molar-refractivity contribution in [1.29, 1.82) is 0 Å². The third kappa shape index (κ3) is 4.99. The SMILES string of the molecule is C[C@@H](NC(=O)OCC1c2ccccc2-c2ccccc21)C(=O)NS(=O)(=O)c1ccc([N+](=O)[O-])cc1. The van der Waals surface area contributed by atoms with Gasteiger partial charge in [-0.15, -0.1) is 0 Å². The zero-order chi connectivity index (χ0) is 25.2. The molecule has 10 nitrogen and oxygen atoms in total.